The quantitative estimate of drug-likeness (QED) is 0.684. The number of carbonyl (C=O) groups is 1. The zero-order chi connectivity index (χ0) is 15.0. The molecule has 0 spiro atoms. The Morgan fingerprint density at radius 1 is 1.30 bits per heavy atom. The average molecular weight is 321 g/mol. The highest BCUT2D eigenvalue weighted by Crippen LogP contribution is 2.11. The highest BCUT2D eigenvalue weighted by Gasteiger charge is 2.13. The van der Waals surface area contributed by atoms with Crippen molar-refractivity contribution in [3.63, 3.8) is 0 Å². The summed E-state index contributed by atoms with van der Waals surface area (Å²) in [4.78, 5) is 11.4. The lowest BCUT2D eigenvalue weighted by molar-refractivity contribution is -0.120. The fraction of sp³-hybridized carbons (Fsp3) is 0.417. The molecule has 6 nitrogen and oxygen atoms in total. The maximum Gasteiger partial charge on any atom is 0.235 e. The lowest BCUT2D eigenvalue weighted by atomic mass is 10.2. The SMILES string of the molecule is COCCNC(=O)CNS(=O)(=O)Cc1ccc(Cl)cc1. The number of benzene rings is 1. The van der Waals surface area contributed by atoms with Crippen LogP contribution in [-0.4, -0.2) is 41.1 Å². The third-order valence-corrected chi connectivity index (χ3v) is 3.90. The molecule has 2 N–H and O–H groups in total. The molecule has 0 fully saturated rings. The largest absolute Gasteiger partial charge is 0.383 e. The molecule has 8 heteroatoms. The Labute approximate surface area is 123 Å². The molecule has 0 aromatic heterocycles. The summed E-state index contributed by atoms with van der Waals surface area (Å²) in [6, 6.07) is 6.48. The minimum absolute atomic E-state index is 0.199. The molecule has 0 atom stereocenters. The normalized spacial score (nSPS) is 11.3. The molecule has 0 unspecified atom stereocenters. The molecular formula is C12H17ClN2O4S. The third kappa shape index (κ3) is 6.85. The molecule has 0 aliphatic rings. The van der Waals surface area contributed by atoms with Crippen molar-refractivity contribution >= 4 is 27.5 Å². The summed E-state index contributed by atoms with van der Waals surface area (Å²) < 4.78 is 30.5. The number of rotatable bonds is 8. The van der Waals surface area contributed by atoms with Gasteiger partial charge in [0.25, 0.3) is 0 Å². The van der Waals surface area contributed by atoms with E-state index in [1.54, 1.807) is 24.3 Å². The topological polar surface area (TPSA) is 84.5 Å². The summed E-state index contributed by atoms with van der Waals surface area (Å²) in [7, 11) is -2.04. The van der Waals surface area contributed by atoms with Crippen molar-refractivity contribution in [2.45, 2.75) is 5.75 Å². The molecule has 112 valence electrons. The van der Waals surface area contributed by atoms with E-state index in [2.05, 4.69) is 10.0 Å². The van der Waals surface area contributed by atoms with Gasteiger partial charge in [-0.2, -0.15) is 0 Å². The van der Waals surface area contributed by atoms with Crippen LogP contribution in [0.1, 0.15) is 5.56 Å². The first-order chi connectivity index (χ1) is 9.43. The van der Waals surface area contributed by atoms with E-state index < -0.39 is 15.9 Å². The second-order valence-corrected chi connectivity index (χ2v) is 6.29. The number of ether oxygens (including phenoxy) is 1. The first kappa shape index (κ1) is 16.9. The zero-order valence-electron chi connectivity index (χ0n) is 11.1. The van der Waals surface area contributed by atoms with Gasteiger partial charge in [0.15, 0.2) is 0 Å². The highest BCUT2D eigenvalue weighted by molar-refractivity contribution is 7.88. The molecule has 0 aliphatic heterocycles. The maximum absolute atomic E-state index is 11.8. The van der Waals surface area contributed by atoms with E-state index in [4.69, 9.17) is 16.3 Å². The molecular weight excluding hydrogens is 304 g/mol. The molecule has 1 aromatic carbocycles. The smallest absolute Gasteiger partial charge is 0.235 e. The molecule has 1 rings (SSSR count). The first-order valence-electron chi connectivity index (χ1n) is 5.90. The Kier molecular flexibility index (Phi) is 6.94. The minimum Gasteiger partial charge on any atom is -0.383 e. The van der Waals surface area contributed by atoms with Gasteiger partial charge in [-0.15, -0.1) is 0 Å². The fourth-order valence-corrected chi connectivity index (χ4v) is 2.59. The van der Waals surface area contributed by atoms with Crippen molar-refractivity contribution in [2.75, 3.05) is 26.8 Å². The first-order valence-corrected chi connectivity index (χ1v) is 7.93. The van der Waals surface area contributed by atoms with E-state index in [0.717, 1.165) is 0 Å². The van der Waals surface area contributed by atoms with Crippen LogP contribution in [0.4, 0.5) is 0 Å². The molecule has 0 saturated heterocycles. The predicted octanol–water partition coefficient (Wildman–Crippen LogP) is 0.522. The van der Waals surface area contributed by atoms with E-state index >= 15 is 0 Å². The van der Waals surface area contributed by atoms with Gasteiger partial charge in [-0.05, 0) is 17.7 Å². The van der Waals surface area contributed by atoms with E-state index in [1.165, 1.54) is 7.11 Å². The van der Waals surface area contributed by atoms with E-state index in [0.29, 0.717) is 23.7 Å². The van der Waals surface area contributed by atoms with Crippen molar-refractivity contribution in [3.05, 3.63) is 34.9 Å². The number of carbonyl (C=O) groups excluding carboxylic acids is 1. The van der Waals surface area contributed by atoms with Crippen molar-refractivity contribution in [2.24, 2.45) is 0 Å². The highest BCUT2D eigenvalue weighted by atomic mass is 35.5. The van der Waals surface area contributed by atoms with Crippen LogP contribution in [-0.2, 0) is 25.3 Å². The molecule has 1 aromatic rings. The van der Waals surface area contributed by atoms with E-state index in [1.807, 2.05) is 0 Å². The number of amides is 1. The van der Waals surface area contributed by atoms with Crippen LogP contribution < -0.4 is 10.0 Å². The Bertz CT molecular complexity index is 531. The van der Waals surface area contributed by atoms with E-state index in [-0.39, 0.29) is 12.3 Å². The third-order valence-electron chi connectivity index (χ3n) is 2.35. The van der Waals surface area contributed by atoms with Gasteiger partial charge in [-0.1, -0.05) is 23.7 Å². The average Bonchev–Trinajstić information content (AvgIpc) is 2.39. The van der Waals surface area contributed by atoms with Crippen molar-refractivity contribution in [3.8, 4) is 0 Å². The summed E-state index contributed by atoms with van der Waals surface area (Å²) in [6.45, 7) is 0.428. The van der Waals surface area contributed by atoms with Crippen molar-refractivity contribution in [1.82, 2.24) is 10.0 Å². The van der Waals surface area contributed by atoms with Crippen LogP contribution in [0.25, 0.3) is 0 Å². The maximum atomic E-state index is 11.8. The van der Waals surface area contributed by atoms with E-state index in [9.17, 15) is 13.2 Å². The second-order valence-electron chi connectivity index (χ2n) is 4.05. The number of sulfonamides is 1. The van der Waals surface area contributed by atoms with Gasteiger partial charge in [-0.3, -0.25) is 4.79 Å². The van der Waals surface area contributed by atoms with Crippen molar-refractivity contribution < 1.29 is 17.9 Å². The van der Waals surface area contributed by atoms with Gasteiger partial charge in [0, 0.05) is 18.7 Å². The van der Waals surface area contributed by atoms with Crippen LogP contribution in [0.2, 0.25) is 5.02 Å². The Hall–Kier alpha value is -1.15. The summed E-state index contributed by atoms with van der Waals surface area (Å²) >= 11 is 5.72. The number of halogens is 1. The summed E-state index contributed by atoms with van der Waals surface area (Å²) in [6.07, 6.45) is 0. The Morgan fingerprint density at radius 2 is 1.95 bits per heavy atom. The Morgan fingerprint density at radius 3 is 2.55 bits per heavy atom. The zero-order valence-corrected chi connectivity index (χ0v) is 12.6. The van der Waals surface area contributed by atoms with Crippen molar-refractivity contribution in [1.29, 1.82) is 0 Å². The molecule has 0 saturated carbocycles. The lowest BCUT2D eigenvalue weighted by Gasteiger charge is -2.07. The summed E-state index contributed by atoms with van der Waals surface area (Å²) in [5, 5.41) is 3.06. The molecule has 20 heavy (non-hydrogen) atoms. The monoisotopic (exact) mass is 320 g/mol. The van der Waals surface area contributed by atoms with Gasteiger partial charge in [0.05, 0.1) is 18.9 Å². The molecule has 0 heterocycles. The number of nitrogens with one attached hydrogen (secondary N) is 2. The number of hydrogen-bond donors (Lipinski definition) is 2. The van der Waals surface area contributed by atoms with Crippen LogP contribution in [0, 0.1) is 0 Å². The number of methoxy groups -OCH3 is 1. The van der Waals surface area contributed by atoms with Gasteiger partial charge in [0.1, 0.15) is 0 Å². The van der Waals surface area contributed by atoms with Crippen LogP contribution in [0.5, 0.6) is 0 Å². The predicted molar refractivity (Wildman–Crippen MR) is 77.0 cm³/mol. The lowest BCUT2D eigenvalue weighted by Crippen LogP contribution is -2.38. The minimum atomic E-state index is -3.56. The van der Waals surface area contributed by atoms with Crippen LogP contribution in [0.3, 0.4) is 0 Å². The summed E-state index contributed by atoms with van der Waals surface area (Å²) in [5.41, 5.74) is 0.599. The molecule has 0 radical (unpaired) electrons. The fourth-order valence-electron chi connectivity index (χ4n) is 1.38. The second kappa shape index (κ2) is 8.21. The van der Waals surface area contributed by atoms with Gasteiger partial charge >= 0.3 is 0 Å². The molecule has 0 bridgehead atoms. The number of hydrogen-bond acceptors (Lipinski definition) is 4. The standard InChI is InChI=1S/C12H17ClN2O4S/c1-19-7-6-14-12(16)8-15-20(17,18)9-10-2-4-11(13)5-3-10/h2-5,15H,6-9H2,1H3,(H,14,16). The Balaban J connectivity index is 2.41. The van der Waals surface area contributed by atoms with Gasteiger partial charge < -0.3 is 10.1 Å². The van der Waals surface area contributed by atoms with Crippen LogP contribution in [0.15, 0.2) is 24.3 Å². The molecule has 1 amide bonds. The summed E-state index contributed by atoms with van der Waals surface area (Å²) in [5.74, 6) is -0.600. The van der Waals surface area contributed by atoms with Gasteiger partial charge in [0.2, 0.25) is 15.9 Å². The molecule has 0 aliphatic carbocycles. The van der Waals surface area contributed by atoms with Gasteiger partial charge in [-0.25, -0.2) is 13.1 Å². The van der Waals surface area contributed by atoms with Crippen LogP contribution >= 0.6 is 11.6 Å².